The molecule has 2 atom stereocenters. The summed E-state index contributed by atoms with van der Waals surface area (Å²) in [6.07, 6.45) is 5.79. The number of aryl methyl sites for hydroxylation is 1. The quantitative estimate of drug-likeness (QED) is 0.914. The number of aromatic amines is 1. The van der Waals surface area contributed by atoms with Crippen molar-refractivity contribution >= 4 is 16.8 Å². The van der Waals surface area contributed by atoms with Crippen molar-refractivity contribution in [2.45, 2.75) is 45.1 Å². The summed E-state index contributed by atoms with van der Waals surface area (Å²) in [6, 6.07) is 6.01. The van der Waals surface area contributed by atoms with Crippen LogP contribution in [0.5, 0.6) is 0 Å². The fraction of sp³-hybridized carbons (Fsp3) is 0.526. The number of H-pyrrole nitrogens is 1. The van der Waals surface area contributed by atoms with Crippen molar-refractivity contribution in [2.75, 3.05) is 13.2 Å². The Morgan fingerprint density at radius 3 is 3.13 bits per heavy atom. The molecule has 0 saturated carbocycles. The van der Waals surface area contributed by atoms with Gasteiger partial charge in [0, 0.05) is 35.3 Å². The van der Waals surface area contributed by atoms with Crippen molar-refractivity contribution in [3.63, 3.8) is 0 Å². The summed E-state index contributed by atoms with van der Waals surface area (Å²) in [5.74, 6) is 0.722. The number of aromatic nitrogens is 1. The van der Waals surface area contributed by atoms with E-state index in [0.29, 0.717) is 6.54 Å². The first-order chi connectivity index (χ1) is 11.2. The summed E-state index contributed by atoms with van der Waals surface area (Å²) >= 11 is 0. The van der Waals surface area contributed by atoms with Gasteiger partial charge in [-0.1, -0.05) is 6.92 Å². The van der Waals surface area contributed by atoms with Gasteiger partial charge in [-0.25, -0.2) is 0 Å². The zero-order valence-electron chi connectivity index (χ0n) is 13.7. The van der Waals surface area contributed by atoms with Crippen LogP contribution in [0.4, 0.5) is 0 Å². The molecule has 2 aromatic rings. The number of hydrogen-bond acceptors (Lipinski definition) is 2. The molecule has 1 aromatic carbocycles. The van der Waals surface area contributed by atoms with Gasteiger partial charge in [0.1, 0.15) is 0 Å². The molecule has 1 fully saturated rings. The number of fused-ring (bicyclic) bond motifs is 3. The van der Waals surface area contributed by atoms with Crippen LogP contribution in [0.1, 0.15) is 47.8 Å². The minimum atomic E-state index is 0.00112. The van der Waals surface area contributed by atoms with Gasteiger partial charge in [-0.05, 0) is 61.8 Å². The van der Waals surface area contributed by atoms with Gasteiger partial charge < -0.3 is 15.0 Å². The average molecular weight is 312 g/mol. The smallest absolute Gasteiger partial charge is 0.251 e. The maximum Gasteiger partial charge on any atom is 0.251 e. The van der Waals surface area contributed by atoms with E-state index in [2.05, 4.69) is 17.2 Å². The average Bonchev–Trinajstić information content (AvgIpc) is 3.19. The van der Waals surface area contributed by atoms with Crippen LogP contribution in [0.25, 0.3) is 10.9 Å². The van der Waals surface area contributed by atoms with Gasteiger partial charge in [-0.2, -0.15) is 0 Å². The standard InChI is InChI=1S/C19H24N2O2/c1-12-4-6-17-15(9-12)16-10-13(5-7-18(16)21-17)19(22)20-11-14-3-2-8-23-14/h5,7,10,12,14,21H,2-4,6,8-9,11H2,1H3,(H,20,22)/t12-,14-/m0/s1. The minimum absolute atomic E-state index is 0.00112. The first kappa shape index (κ1) is 14.8. The molecule has 1 amide bonds. The van der Waals surface area contributed by atoms with Crippen molar-refractivity contribution in [1.29, 1.82) is 0 Å². The molecule has 4 nitrogen and oxygen atoms in total. The normalized spacial score (nSPS) is 23.9. The van der Waals surface area contributed by atoms with Crippen molar-refractivity contribution in [1.82, 2.24) is 10.3 Å². The summed E-state index contributed by atoms with van der Waals surface area (Å²) in [4.78, 5) is 16.0. The van der Waals surface area contributed by atoms with Crippen LogP contribution in [-0.2, 0) is 17.6 Å². The van der Waals surface area contributed by atoms with E-state index in [-0.39, 0.29) is 12.0 Å². The number of carbonyl (C=O) groups excluding carboxylic acids is 1. The lowest BCUT2D eigenvalue weighted by atomic mass is 9.87. The molecule has 0 bridgehead atoms. The Kier molecular flexibility index (Phi) is 3.85. The SMILES string of the molecule is C[C@H]1CCc2[nH]c3ccc(C(=O)NC[C@@H]4CCCO4)cc3c2C1. The summed E-state index contributed by atoms with van der Waals surface area (Å²) in [7, 11) is 0. The summed E-state index contributed by atoms with van der Waals surface area (Å²) in [5, 5.41) is 4.23. The Morgan fingerprint density at radius 1 is 1.39 bits per heavy atom. The molecule has 1 saturated heterocycles. The highest BCUT2D eigenvalue weighted by atomic mass is 16.5. The van der Waals surface area contributed by atoms with E-state index in [4.69, 9.17) is 4.74 Å². The second-order valence-electron chi connectivity index (χ2n) is 7.04. The lowest BCUT2D eigenvalue weighted by molar-refractivity contribution is 0.0858. The third-order valence-corrected chi connectivity index (χ3v) is 5.21. The Bertz CT molecular complexity index is 728. The monoisotopic (exact) mass is 312 g/mol. The zero-order valence-corrected chi connectivity index (χ0v) is 13.7. The maximum absolute atomic E-state index is 12.4. The van der Waals surface area contributed by atoms with E-state index < -0.39 is 0 Å². The highest BCUT2D eigenvalue weighted by Gasteiger charge is 2.21. The van der Waals surface area contributed by atoms with Crippen LogP contribution in [-0.4, -0.2) is 30.1 Å². The third-order valence-electron chi connectivity index (χ3n) is 5.21. The number of hydrogen-bond donors (Lipinski definition) is 2. The molecule has 0 spiro atoms. The van der Waals surface area contributed by atoms with Gasteiger partial charge in [-0.3, -0.25) is 4.79 Å². The lowest BCUT2D eigenvalue weighted by Crippen LogP contribution is -2.31. The van der Waals surface area contributed by atoms with Gasteiger partial charge in [0.15, 0.2) is 0 Å². The lowest BCUT2D eigenvalue weighted by Gasteiger charge is -2.18. The van der Waals surface area contributed by atoms with Crippen LogP contribution >= 0.6 is 0 Å². The van der Waals surface area contributed by atoms with Crippen LogP contribution in [0.2, 0.25) is 0 Å². The largest absolute Gasteiger partial charge is 0.376 e. The molecule has 0 radical (unpaired) electrons. The highest BCUT2D eigenvalue weighted by Crippen LogP contribution is 2.32. The second-order valence-corrected chi connectivity index (χ2v) is 7.04. The fourth-order valence-corrected chi connectivity index (χ4v) is 3.85. The zero-order chi connectivity index (χ0) is 15.8. The molecule has 2 aliphatic rings. The number of benzene rings is 1. The number of carbonyl (C=O) groups is 1. The molecule has 2 heterocycles. The molecule has 4 heteroatoms. The Hall–Kier alpha value is -1.81. The number of rotatable bonds is 3. The van der Waals surface area contributed by atoms with Gasteiger partial charge in [0.2, 0.25) is 0 Å². The van der Waals surface area contributed by atoms with Crippen LogP contribution in [0.3, 0.4) is 0 Å². The second kappa shape index (κ2) is 6.00. The predicted octanol–water partition coefficient (Wildman–Crippen LogP) is 3.20. The van der Waals surface area contributed by atoms with Gasteiger partial charge in [0.05, 0.1) is 6.10 Å². The van der Waals surface area contributed by atoms with E-state index in [1.165, 1.54) is 23.1 Å². The van der Waals surface area contributed by atoms with E-state index in [1.54, 1.807) is 0 Å². The molecule has 2 N–H and O–H groups in total. The maximum atomic E-state index is 12.4. The molecule has 122 valence electrons. The molecule has 0 unspecified atom stereocenters. The first-order valence-electron chi connectivity index (χ1n) is 8.74. The molecule has 23 heavy (non-hydrogen) atoms. The molecule has 1 aliphatic heterocycles. The number of nitrogens with one attached hydrogen (secondary N) is 2. The highest BCUT2D eigenvalue weighted by molar-refractivity contribution is 5.99. The van der Waals surface area contributed by atoms with Crippen molar-refractivity contribution in [3.05, 3.63) is 35.0 Å². The molecular weight excluding hydrogens is 288 g/mol. The van der Waals surface area contributed by atoms with E-state index in [9.17, 15) is 4.79 Å². The Labute approximate surface area is 136 Å². The Morgan fingerprint density at radius 2 is 2.30 bits per heavy atom. The summed E-state index contributed by atoms with van der Waals surface area (Å²) in [5.41, 5.74) is 4.66. The number of ether oxygens (including phenoxy) is 1. The molecule has 1 aromatic heterocycles. The van der Waals surface area contributed by atoms with Crippen LogP contribution in [0, 0.1) is 5.92 Å². The van der Waals surface area contributed by atoms with E-state index in [1.807, 2.05) is 18.2 Å². The minimum Gasteiger partial charge on any atom is -0.376 e. The van der Waals surface area contributed by atoms with Crippen LogP contribution in [0.15, 0.2) is 18.2 Å². The van der Waals surface area contributed by atoms with E-state index >= 15 is 0 Å². The predicted molar refractivity (Wildman–Crippen MR) is 90.8 cm³/mol. The summed E-state index contributed by atoms with van der Waals surface area (Å²) < 4.78 is 5.56. The topological polar surface area (TPSA) is 54.1 Å². The molecule has 1 aliphatic carbocycles. The van der Waals surface area contributed by atoms with E-state index in [0.717, 1.165) is 49.3 Å². The van der Waals surface area contributed by atoms with Crippen molar-refractivity contribution in [2.24, 2.45) is 5.92 Å². The fourth-order valence-electron chi connectivity index (χ4n) is 3.85. The van der Waals surface area contributed by atoms with Crippen molar-refractivity contribution in [3.8, 4) is 0 Å². The molecular formula is C19H24N2O2. The van der Waals surface area contributed by atoms with Gasteiger partial charge in [-0.15, -0.1) is 0 Å². The molecule has 4 rings (SSSR count). The van der Waals surface area contributed by atoms with Crippen LogP contribution < -0.4 is 5.32 Å². The number of amides is 1. The third kappa shape index (κ3) is 2.88. The Balaban J connectivity index is 1.55. The van der Waals surface area contributed by atoms with Crippen molar-refractivity contribution < 1.29 is 9.53 Å². The first-order valence-corrected chi connectivity index (χ1v) is 8.74. The summed E-state index contributed by atoms with van der Waals surface area (Å²) in [6.45, 7) is 3.74. The van der Waals surface area contributed by atoms with Gasteiger partial charge >= 0.3 is 0 Å². The van der Waals surface area contributed by atoms with Gasteiger partial charge in [0.25, 0.3) is 5.91 Å².